The van der Waals surface area contributed by atoms with Crippen LogP contribution < -0.4 is 0 Å². The predicted octanol–water partition coefficient (Wildman–Crippen LogP) is 3.16. The Morgan fingerprint density at radius 2 is 2.28 bits per heavy atom. The maximum Gasteiger partial charge on any atom is 0.374 e. The van der Waals surface area contributed by atoms with Crippen LogP contribution in [-0.2, 0) is 16.1 Å². The molecule has 2 atom stereocenters. The Balaban J connectivity index is 1.90. The summed E-state index contributed by atoms with van der Waals surface area (Å²) in [7, 11) is 1.59. The summed E-state index contributed by atoms with van der Waals surface area (Å²) in [5.74, 6) is 1.18. The van der Waals surface area contributed by atoms with E-state index in [-0.39, 0.29) is 17.8 Å². The first-order chi connectivity index (χ1) is 8.69. The highest BCUT2D eigenvalue weighted by Crippen LogP contribution is 2.26. The van der Waals surface area contributed by atoms with Crippen LogP contribution in [0, 0.1) is 5.92 Å². The number of hydrogen-bond donors (Lipinski definition) is 0. The Morgan fingerprint density at radius 3 is 3.00 bits per heavy atom. The topological polar surface area (TPSA) is 48.7 Å². The molecular weight excluding hydrogens is 232 g/mol. The molecule has 0 radical (unpaired) electrons. The van der Waals surface area contributed by atoms with Gasteiger partial charge in [0.1, 0.15) is 18.5 Å². The van der Waals surface area contributed by atoms with Gasteiger partial charge in [0, 0.05) is 7.11 Å². The van der Waals surface area contributed by atoms with Crippen LogP contribution in [0.1, 0.15) is 48.9 Å². The third-order valence-electron chi connectivity index (χ3n) is 3.31. The van der Waals surface area contributed by atoms with Crippen LogP contribution in [0.2, 0.25) is 0 Å². The zero-order valence-corrected chi connectivity index (χ0v) is 11.0. The zero-order valence-electron chi connectivity index (χ0n) is 11.0. The van der Waals surface area contributed by atoms with E-state index < -0.39 is 0 Å². The summed E-state index contributed by atoms with van der Waals surface area (Å²) in [5.41, 5.74) is 0. The van der Waals surface area contributed by atoms with E-state index >= 15 is 0 Å². The fourth-order valence-electron chi connectivity index (χ4n) is 2.40. The molecule has 1 aliphatic rings. The maximum absolute atomic E-state index is 11.9. The maximum atomic E-state index is 11.9. The predicted molar refractivity (Wildman–Crippen MR) is 66.3 cm³/mol. The van der Waals surface area contributed by atoms with Gasteiger partial charge in [0.25, 0.3) is 0 Å². The number of carbonyl (C=O) groups excluding carboxylic acids is 1. The molecule has 1 fully saturated rings. The van der Waals surface area contributed by atoms with Crippen LogP contribution in [0.4, 0.5) is 0 Å². The molecule has 1 heterocycles. The highest BCUT2D eigenvalue weighted by Gasteiger charge is 2.24. The van der Waals surface area contributed by atoms with Crippen molar-refractivity contribution in [2.75, 3.05) is 7.11 Å². The second kappa shape index (κ2) is 6.05. The summed E-state index contributed by atoms with van der Waals surface area (Å²) in [6.07, 6.45) is 4.31. The van der Waals surface area contributed by atoms with Gasteiger partial charge in [-0.25, -0.2) is 4.79 Å². The number of methoxy groups -OCH3 is 1. The number of ether oxygens (including phenoxy) is 2. The lowest BCUT2D eigenvalue weighted by Crippen LogP contribution is -2.24. The minimum atomic E-state index is -0.364. The molecule has 0 amide bonds. The number of rotatable bonds is 4. The lowest BCUT2D eigenvalue weighted by Gasteiger charge is -2.26. The van der Waals surface area contributed by atoms with Crippen LogP contribution in [-0.4, -0.2) is 19.2 Å². The van der Waals surface area contributed by atoms with Crippen molar-refractivity contribution in [1.29, 1.82) is 0 Å². The van der Waals surface area contributed by atoms with Crippen molar-refractivity contribution in [2.45, 2.75) is 45.3 Å². The van der Waals surface area contributed by atoms with Crippen LogP contribution in [0.5, 0.6) is 0 Å². The van der Waals surface area contributed by atoms with Gasteiger partial charge >= 0.3 is 5.97 Å². The van der Waals surface area contributed by atoms with Gasteiger partial charge in [0.05, 0.1) is 0 Å². The molecule has 0 aromatic carbocycles. The van der Waals surface area contributed by atoms with Crippen LogP contribution >= 0.6 is 0 Å². The second-order valence-electron chi connectivity index (χ2n) is 5.00. The first-order valence-corrected chi connectivity index (χ1v) is 6.47. The summed E-state index contributed by atoms with van der Waals surface area (Å²) in [4.78, 5) is 11.9. The minimum absolute atomic E-state index is 0.0391. The summed E-state index contributed by atoms with van der Waals surface area (Å²) < 4.78 is 15.8. The van der Waals surface area contributed by atoms with E-state index in [2.05, 4.69) is 6.92 Å². The Labute approximate surface area is 107 Å². The third kappa shape index (κ3) is 3.35. The third-order valence-corrected chi connectivity index (χ3v) is 3.31. The largest absolute Gasteiger partial charge is 0.457 e. The Bertz CT molecular complexity index is 396. The standard InChI is InChI=1S/C14H20O4/c1-10-4-3-5-11(8-10)18-14(15)13-7-6-12(17-13)9-16-2/h6-7,10-11H,3-5,8-9H2,1-2H3. The average molecular weight is 252 g/mol. The normalized spacial score (nSPS) is 23.9. The first-order valence-electron chi connectivity index (χ1n) is 6.47. The molecule has 4 nitrogen and oxygen atoms in total. The molecule has 1 aromatic heterocycles. The number of furan rings is 1. The van der Waals surface area contributed by atoms with Crippen molar-refractivity contribution < 1.29 is 18.7 Å². The molecule has 1 aliphatic carbocycles. The molecule has 100 valence electrons. The van der Waals surface area contributed by atoms with E-state index in [1.54, 1.807) is 19.2 Å². The zero-order chi connectivity index (χ0) is 13.0. The van der Waals surface area contributed by atoms with Gasteiger partial charge in [-0.05, 0) is 37.3 Å². The smallest absolute Gasteiger partial charge is 0.374 e. The summed E-state index contributed by atoms with van der Waals surface area (Å²) in [6, 6.07) is 3.38. The van der Waals surface area contributed by atoms with Crippen LogP contribution in [0.25, 0.3) is 0 Å². The van der Waals surface area contributed by atoms with Crippen LogP contribution in [0.15, 0.2) is 16.5 Å². The van der Waals surface area contributed by atoms with Crippen molar-refractivity contribution in [2.24, 2.45) is 5.92 Å². The van der Waals surface area contributed by atoms with Crippen molar-refractivity contribution in [3.63, 3.8) is 0 Å². The van der Waals surface area contributed by atoms with E-state index in [4.69, 9.17) is 13.9 Å². The first kappa shape index (κ1) is 13.1. The average Bonchev–Trinajstić information content (AvgIpc) is 2.78. The molecule has 0 spiro atoms. The fraction of sp³-hybridized carbons (Fsp3) is 0.643. The van der Waals surface area contributed by atoms with Gasteiger partial charge in [-0.1, -0.05) is 13.3 Å². The van der Waals surface area contributed by atoms with Crippen molar-refractivity contribution >= 4 is 5.97 Å². The molecule has 1 saturated carbocycles. The number of carbonyl (C=O) groups is 1. The fourth-order valence-corrected chi connectivity index (χ4v) is 2.40. The Kier molecular flexibility index (Phi) is 4.42. The van der Waals surface area contributed by atoms with Gasteiger partial charge in [-0.15, -0.1) is 0 Å². The minimum Gasteiger partial charge on any atom is -0.457 e. The van der Waals surface area contributed by atoms with Crippen molar-refractivity contribution in [3.05, 3.63) is 23.7 Å². The van der Waals surface area contributed by atoms with E-state index in [0.29, 0.717) is 18.3 Å². The summed E-state index contributed by atoms with van der Waals surface area (Å²) in [6.45, 7) is 2.57. The molecular formula is C14H20O4. The molecule has 0 aliphatic heterocycles. The summed E-state index contributed by atoms with van der Waals surface area (Å²) in [5, 5.41) is 0. The van der Waals surface area contributed by atoms with Gasteiger partial charge in [0.15, 0.2) is 0 Å². The quantitative estimate of drug-likeness (QED) is 0.772. The molecule has 18 heavy (non-hydrogen) atoms. The SMILES string of the molecule is COCc1ccc(C(=O)OC2CCCC(C)C2)o1. The molecule has 2 rings (SSSR count). The lowest BCUT2D eigenvalue weighted by atomic mass is 9.89. The monoisotopic (exact) mass is 252 g/mol. The second-order valence-corrected chi connectivity index (χ2v) is 5.00. The van der Waals surface area contributed by atoms with E-state index in [1.807, 2.05) is 0 Å². The molecule has 2 unspecified atom stereocenters. The highest BCUT2D eigenvalue weighted by atomic mass is 16.6. The Morgan fingerprint density at radius 1 is 1.44 bits per heavy atom. The van der Waals surface area contributed by atoms with Crippen molar-refractivity contribution in [3.8, 4) is 0 Å². The van der Waals surface area contributed by atoms with Gasteiger partial charge in [0.2, 0.25) is 5.76 Å². The Hall–Kier alpha value is -1.29. The number of esters is 1. The van der Waals surface area contributed by atoms with E-state index in [1.165, 1.54) is 6.42 Å². The molecule has 1 aromatic rings. The van der Waals surface area contributed by atoms with Gasteiger partial charge in [-0.2, -0.15) is 0 Å². The van der Waals surface area contributed by atoms with E-state index in [9.17, 15) is 4.79 Å². The lowest BCUT2D eigenvalue weighted by molar-refractivity contribution is 0.0118. The van der Waals surface area contributed by atoms with Crippen molar-refractivity contribution in [1.82, 2.24) is 0 Å². The highest BCUT2D eigenvalue weighted by molar-refractivity contribution is 5.86. The van der Waals surface area contributed by atoms with Crippen LogP contribution in [0.3, 0.4) is 0 Å². The molecule has 0 saturated heterocycles. The molecule has 0 N–H and O–H groups in total. The molecule has 0 bridgehead atoms. The van der Waals surface area contributed by atoms with E-state index in [0.717, 1.165) is 19.3 Å². The number of hydrogen-bond acceptors (Lipinski definition) is 4. The van der Waals surface area contributed by atoms with Gasteiger partial charge < -0.3 is 13.9 Å². The van der Waals surface area contributed by atoms with Gasteiger partial charge in [-0.3, -0.25) is 0 Å². The molecule has 4 heteroatoms. The summed E-state index contributed by atoms with van der Waals surface area (Å²) >= 11 is 0.